The number of aryl methyl sites for hydroxylation is 1. The standard InChI is InChI=1S/C12H20ClN5O5S3/c1-4-18(5-2)25(20,21)12-9(19)11(14-17(12)3)16-26(22,23)15-8-6-7-24-10(8)13/h6-8,10,15,19H,4-5H2,1-3H3,(H,14,16). The molecule has 2 atom stereocenters. The molecule has 0 fully saturated rings. The van der Waals surface area contributed by atoms with Crippen molar-refractivity contribution in [2.45, 2.75) is 29.6 Å². The molecule has 0 radical (unpaired) electrons. The van der Waals surface area contributed by atoms with Gasteiger partial charge in [-0.3, -0.25) is 4.68 Å². The molecule has 10 nitrogen and oxygen atoms in total. The zero-order chi connectivity index (χ0) is 19.7. The largest absolute Gasteiger partial charge is 0.502 e. The highest BCUT2D eigenvalue weighted by atomic mass is 35.5. The first-order valence-corrected chi connectivity index (χ1v) is 11.9. The van der Waals surface area contributed by atoms with Crippen LogP contribution in [0.15, 0.2) is 16.5 Å². The van der Waals surface area contributed by atoms with Crippen LogP contribution in [0.25, 0.3) is 0 Å². The van der Waals surface area contributed by atoms with Crippen LogP contribution in [0.3, 0.4) is 0 Å². The van der Waals surface area contributed by atoms with Gasteiger partial charge in [0.25, 0.3) is 10.0 Å². The van der Waals surface area contributed by atoms with Gasteiger partial charge < -0.3 is 5.11 Å². The first-order chi connectivity index (χ1) is 12.0. The first-order valence-electron chi connectivity index (χ1n) is 7.55. The highest BCUT2D eigenvalue weighted by molar-refractivity contribution is 8.04. The number of rotatable bonds is 8. The van der Waals surface area contributed by atoms with Crippen molar-refractivity contribution in [2.24, 2.45) is 7.05 Å². The molecule has 3 N–H and O–H groups in total. The molecule has 1 aliphatic heterocycles. The smallest absolute Gasteiger partial charge is 0.301 e. The van der Waals surface area contributed by atoms with Crippen LogP contribution in [0, 0.1) is 0 Å². The normalized spacial score (nSPS) is 20.8. The lowest BCUT2D eigenvalue weighted by molar-refractivity contribution is 0.419. The number of hydrogen-bond donors (Lipinski definition) is 3. The van der Waals surface area contributed by atoms with Crippen molar-refractivity contribution in [3.8, 4) is 5.75 Å². The van der Waals surface area contributed by atoms with Crippen LogP contribution in [0.1, 0.15) is 13.8 Å². The van der Waals surface area contributed by atoms with E-state index in [1.165, 1.54) is 18.8 Å². The summed E-state index contributed by atoms with van der Waals surface area (Å²) >= 11 is 7.22. The van der Waals surface area contributed by atoms with Crippen molar-refractivity contribution < 1.29 is 21.9 Å². The minimum absolute atomic E-state index is 0.189. The quantitative estimate of drug-likeness (QED) is 0.498. The minimum atomic E-state index is -4.15. The van der Waals surface area contributed by atoms with E-state index in [2.05, 4.69) is 9.82 Å². The van der Waals surface area contributed by atoms with E-state index in [4.69, 9.17) is 11.6 Å². The fraction of sp³-hybridized carbons (Fsp3) is 0.583. The maximum atomic E-state index is 12.6. The molecule has 14 heteroatoms. The molecule has 2 rings (SSSR count). The number of nitrogens with zero attached hydrogens (tertiary/aromatic N) is 3. The second-order valence-corrected chi connectivity index (χ2v) is 10.4. The summed E-state index contributed by atoms with van der Waals surface area (Å²) in [5, 5.41) is 15.2. The zero-order valence-corrected chi connectivity index (χ0v) is 17.5. The lowest BCUT2D eigenvalue weighted by atomic mass is 10.4. The summed E-state index contributed by atoms with van der Waals surface area (Å²) in [6.45, 7) is 3.68. The Hall–Kier alpha value is -0.990. The minimum Gasteiger partial charge on any atom is -0.502 e. The van der Waals surface area contributed by atoms with E-state index in [-0.39, 0.29) is 13.1 Å². The van der Waals surface area contributed by atoms with Crippen molar-refractivity contribution in [2.75, 3.05) is 17.8 Å². The first kappa shape index (κ1) is 21.3. The molecule has 1 aromatic heterocycles. The summed E-state index contributed by atoms with van der Waals surface area (Å²) in [5.41, 5.74) is 0. The molecule has 1 aliphatic rings. The third kappa shape index (κ3) is 4.28. The molecular formula is C12H20ClN5O5S3. The molecular weight excluding hydrogens is 426 g/mol. The average Bonchev–Trinajstić information content (AvgIpc) is 3.03. The molecule has 26 heavy (non-hydrogen) atoms. The van der Waals surface area contributed by atoms with Gasteiger partial charge in [-0.05, 0) is 5.41 Å². The van der Waals surface area contributed by atoms with Crippen LogP contribution in [-0.2, 0) is 27.3 Å². The number of aromatic hydroxyl groups is 1. The predicted octanol–water partition coefficient (Wildman–Crippen LogP) is 0.597. The van der Waals surface area contributed by atoms with E-state index < -0.39 is 47.6 Å². The fourth-order valence-electron chi connectivity index (χ4n) is 2.35. The second-order valence-electron chi connectivity index (χ2n) is 5.28. The average molecular weight is 446 g/mol. The van der Waals surface area contributed by atoms with Crippen LogP contribution in [0.5, 0.6) is 5.75 Å². The maximum Gasteiger partial charge on any atom is 0.301 e. The van der Waals surface area contributed by atoms with Gasteiger partial charge in [0.05, 0.1) is 6.04 Å². The molecule has 0 aromatic carbocycles. The molecule has 2 heterocycles. The molecule has 0 bridgehead atoms. The zero-order valence-electron chi connectivity index (χ0n) is 14.2. The third-order valence-electron chi connectivity index (χ3n) is 3.56. The van der Waals surface area contributed by atoms with Gasteiger partial charge in [-0.25, -0.2) is 13.1 Å². The van der Waals surface area contributed by atoms with Crippen molar-refractivity contribution in [1.82, 2.24) is 18.8 Å². The number of alkyl halides is 1. The summed E-state index contributed by atoms with van der Waals surface area (Å²) in [7, 11) is -6.88. The van der Waals surface area contributed by atoms with Gasteiger partial charge in [0, 0.05) is 20.1 Å². The number of sulfonamides is 1. The van der Waals surface area contributed by atoms with E-state index in [1.807, 2.05) is 4.72 Å². The van der Waals surface area contributed by atoms with E-state index in [0.29, 0.717) is 0 Å². The highest BCUT2D eigenvalue weighted by Gasteiger charge is 2.33. The monoisotopic (exact) mass is 445 g/mol. The summed E-state index contributed by atoms with van der Waals surface area (Å²) in [6, 6.07) is -0.649. The highest BCUT2D eigenvalue weighted by Crippen LogP contribution is 2.33. The Kier molecular flexibility index (Phi) is 6.51. The van der Waals surface area contributed by atoms with Gasteiger partial charge in [-0.15, -0.1) is 28.5 Å². The lowest BCUT2D eigenvalue weighted by Gasteiger charge is -2.18. The molecule has 0 saturated heterocycles. The van der Waals surface area contributed by atoms with Gasteiger partial charge >= 0.3 is 10.2 Å². The molecule has 148 valence electrons. The van der Waals surface area contributed by atoms with Crippen LogP contribution < -0.4 is 9.44 Å². The fourth-order valence-corrected chi connectivity index (χ4v) is 6.23. The van der Waals surface area contributed by atoms with Gasteiger partial charge in [0.15, 0.2) is 5.75 Å². The second kappa shape index (κ2) is 7.94. The van der Waals surface area contributed by atoms with Crippen molar-refractivity contribution in [1.29, 1.82) is 0 Å². The van der Waals surface area contributed by atoms with Crippen molar-refractivity contribution in [3.05, 3.63) is 11.5 Å². The molecule has 1 aromatic rings. The molecule has 0 aliphatic carbocycles. The van der Waals surface area contributed by atoms with E-state index in [1.54, 1.807) is 25.3 Å². The van der Waals surface area contributed by atoms with Gasteiger partial charge in [-0.2, -0.15) is 17.4 Å². The summed E-state index contributed by atoms with van der Waals surface area (Å²) in [5.74, 6) is -1.27. The molecule has 0 amide bonds. The third-order valence-corrected chi connectivity index (χ3v) is 8.19. The van der Waals surface area contributed by atoms with Crippen LogP contribution in [0.4, 0.5) is 5.82 Å². The Labute approximate surface area is 161 Å². The van der Waals surface area contributed by atoms with Crippen molar-refractivity contribution >= 4 is 49.4 Å². The Morgan fingerprint density at radius 2 is 1.96 bits per heavy atom. The Morgan fingerprint density at radius 1 is 1.35 bits per heavy atom. The Balaban J connectivity index is 2.31. The lowest BCUT2D eigenvalue weighted by Crippen LogP contribution is -2.40. The Bertz CT molecular complexity index is 895. The number of aromatic nitrogens is 2. The predicted molar refractivity (Wildman–Crippen MR) is 101 cm³/mol. The number of halogens is 1. The maximum absolute atomic E-state index is 12.6. The number of anilines is 1. The van der Waals surface area contributed by atoms with Crippen LogP contribution >= 0.6 is 23.4 Å². The summed E-state index contributed by atoms with van der Waals surface area (Å²) in [6.07, 6.45) is 1.58. The van der Waals surface area contributed by atoms with E-state index in [0.717, 1.165) is 8.99 Å². The van der Waals surface area contributed by atoms with Gasteiger partial charge in [-0.1, -0.05) is 19.9 Å². The van der Waals surface area contributed by atoms with Crippen molar-refractivity contribution in [3.63, 3.8) is 0 Å². The summed E-state index contributed by atoms with van der Waals surface area (Å²) < 4.78 is 55.5. The van der Waals surface area contributed by atoms with E-state index in [9.17, 15) is 21.9 Å². The molecule has 2 unspecified atom stereocenters. The van der Waals surface area contributed by atoms with Gasteiger partial charge in [0.1, 0.15) is 4.71 Å². The number of hydrogen-bond acceptors (Lipinski definition) is 7. The Morgan fingerprint density at radius 3 is 2.46 bits per heavy atom. The van der Waals surface area contributed by atoms with Crippen LogP contribution in [0.2, 0.25) is 0 Å². The number of nitrogens with one attached hydrogen (secondary N) is 2. The van der Waals surface area contributed by atoms with E-state index >= 15 is 0 Å². The number of thioether (sulfide) groups is 1. The molecule has 0 spiro atoms. The topological polar surface area (TPSA) is 134 Å². The van der Waals surface area contributed by atoms with Crippen LogP contribution in [-0.4, -0.2) is 59.9 Å². The van der Waals surface area contributed by atoms with Gasteiger partial charge in [0.2, 0.25) is 10.8 Å². The summed E-state index contributed by atoms with van der Waals surface area (Å²) in [4.78, 5) is 0. The SMILES string of the molecule is CCN(CC)S(=O)(=O)c1c(O)c(NS(=O)(=O)NC2C=CSC2Cl)nn1C. The molecule has 0 saturated carbocycles.